The molecule has 2 unspecified atom stereocenters. The lowest BCUT2D eigenvalue weighted by molar-refractivity contribution is -0.0631. The average molecular weight is 267 g/mol. The summed E-state index contributed by atoms with van der Waals surface area (Å²) >= 11 is 0. The summed E-state index contributed by atoms with van der Waals surface area (Å²) in [6.45, 7) is 2.06. The summed E-state index contributed by atoms with van der Waals surface area (Å²) in [5.41, 5.74) is 0.866. The van der Waals surface area contributed by atoms with Gasteiger partial charge in [0, 0.05) is 13.2 Å². The monoisotopic (exact) mass is 267 g/mol. The Hall–Kier alpha value is -0.970. The average Bonchev–Trinajstić information content (AvgIpc) is 2.44. The summed E-state index contributed by atoms with van der Waals surface area (Å²) < 4.78 is 24.8. The van der Waals surface area contributed by atoms with Gasteiger partial charge in [-0.05, 0) is 44.0 Å². The molecule has 0 saturated carbocycles. The maximum Gasteiger partial charge on any atom is 0.123 e. The standard InChI is InChI=1S/C15H22FNO2/c1-17-10-15(12-5-4-6-13(16)9-12)19-11-14-7-2-3-8-18-14/h4-6,9,14-15,17H,2-3,7-8,10-11H2,1H3. The molecule has 0 bridgehead atoms. The molecule has 3 nitrogen and oxygen atoms in total. The van der Waals surface area contributed by atoms with Crippen LogP contribution in [-0.2, 0) is 9.47 Å². The lowest BCUT2D eigenvalue weighted by atomic mass is 10.1. The van der Waals surface area contributed by atoms with Gasteiger partial charge in [0.25, 0.3) is 0 Å². The van der Waals surface area contributed by atoms with E-state index < -0.39 is 0 Å². The highest BCUT2D eigenvalue weighted by Crippen LogP contribution is 2.20. The van der Waals surface area contributed by atoms with Crippen LogP contribution in [-0.4, -0.2) is 32.9 Å². The van der Waals surface area contributed by atoms with Crippen LogP contribution in [0.1, 0.15) is 30.9 Å². The molecule has 2 atom stereocenters. The smallest absolute Gasteiger partial charge is 0.123 e. The number of halogens is 1. The highest BCUT2D eigenvalue weighted by Gasteiger charge is 2.18. The molecule has 0 amide bonds. The van der Waals surface area contributed by atoms with Crippen LogP contribution in [0.3, 0.4) is 0 Å². The molecular weight excluding hydrogens is 245 g/mol. The van der Waals surface area contributed by atoms with Crippen LogP contribution < -0.4 is 5.32 Å². The first kappa shape index (κ1) is 14.4. The van der Waals surface area contributed by atoms with E-state index in [1.54, 1.807) is 6.07 Å². The molecule has 0 aliphatic carbocycles. The van der Waals surface area contributed by atoms with Crippen molar-refractivity contribution in [1.29, 1.82) is 0 Å². The van der Waals surface area contributed by atoms with Crippen LogP contribution in [0.5, 0.6) is 0 Å². The molecular formula is C15H22FNO2. The third-order valence-electron chi connectivity index (χ3n) is 3.37. The molecule has 1 fully saturated rings. The second-order valence-corrected chi connectivity index (χ2v) is 4.92. The molecule has 1 aliphatic heterocycles. The van der Waals surface area contributed by atoms with E-state index >= 15 is 0 Å². The van der Waals surface area contributed by atoms with E-state index in [1.807, 2.05) is 13.1 Å². The molecule has 1 N–H and O–H groups in total. The minimum atomic E-state index is -0.226. The highest BCUT2D eigenvalue weighted by molar-refractivity contribution is 5.19. The van der Waals surface area contributed by atoms with Crippen LogP contribution >= 0.6 is 0 Å². The fraction of sp³-hybridized carbons (Fsp3) is 0.600. The van der Waals surface area contributed by atoms with E-state index in [0.717, 1.165) is 25.0 Å². The maximum absolute atomic E-state index is 13.3. The van der Waals surface area contributed by atoms with E-state index in [0.29, 0.717) is 13.2 Å². The van der Waals surface area contributed by atoms with Crippen molar-refractivity contribution in [3.05, 3.63) is 35.6 Å². The number of nitrogens with one attached hydrogen (secondary N) is 1. The molecule has 1 aromatic carbocycles. The van der Waals surface area contributed by atoms with E-state index in [9.17, 15) is 4.39 Å². The molecule has 1 saturated heterocycles. The van der Waals surface area contributed by atoms with Crippen molar-refractivity contribution in [1.82, 2.24) is 5.32 Å². The predicted octanol–water partition coefficient (Wildman–Crippen LogP) is 2.67. The Morgan fingerprint density at radius 1 is 1.47 bits per heavy atom. The number of ether oxygens (including phenoxy) is 2. The fourth-order valence-electron chi connectivity index (χ4n) is 2.33. The van der Waals surface area contributed by atoms with Gasteiger partial charge < -0.3 is 14.8 Å². The van der Waals surface area contributed by atoms with Gasteiger partial charge in [0.05, 0.1) is 18.8 Å². The zero-order valence-electron chi connectivity index (χ0n) is 11.4. The van der Waals surface area contributed by atoms with E-state index in [1.165, 1.54) is 18.6 Å². The third kappa shape index (κ3) is 4.56. The first-order valence-electron chi connectivity index (χ1n) is 6.93. The number of hydrogen-bond acceptors (Lipinski definition) is 3. The first-order valence-corrected chi connectivity index (χ1v) is 6.93. The summed E-state index contributed by atoms with van der Waals surface area (Å²) in [5.74, 6) is -0.226. The molecule has 1 aromatic rings. The molecule has 0 spiro atoms. The predicted molar refractivity (Wildman–Crippen MR) is 72.6 cm³/mol. The van der Waals surface area contributed by atoms with Crippen molar-refractivity contribution in [2.24, 2.45) is 0 Å². The van der Waals surface area contributed by atoms with Gasteiger partial charge in [-0.2, -0.15) is 0 Å². The maximum atomic E-state index is 13.3. The van der Waals surface area contributed by atoms with Gasteiger partial charge in [0.15, 0.2) is 0 Å². The Kier molecular flexibility index (Phi) is 5.76. The number of benzene rings is 1. The SMILES string of the molecule is CNCC(OCC1CCCCO1)c1cccc(F)c1. The van der Waals surface area contributed by atoms with Gasteiger partial charge in [0.2, 0.25) is 0 Å². The molecule has 2 rings (SSSR count). The van der Waals surface area contributed by atoms with Gasteiger partial charge in [-0.25, -0.2) is 4.39 Å². The molecule has 0 radical (unpaired) electrons. The second-order valence-electron chi connectivity index (χ2n) is 4.92. The van der Waals surface area contributed by atoms with Gasteiger partial charge in [-0.15, -0.1) is 0 Å². The fourth-order valence-corrected chi connectivity index (χ4v) is 2.33. The van der Waals surface area contributed by atoms with Gasteiger partial charge in [-0.3, -0.25) is 0 Å². The lowest BCUT2D eigenvalue weighted by Gasteiger charge is -2.25. The highest BCUT2D eigenvalue weighted by atomic mass is 19.1. The molecule has 1 heterocycles. The first-order chi connectivity index (χ1) is 9.29. The van der Waals surface area contributed by atoms with Gasteiger partial charge >= 0.3 is 0 Å². The van der Waals surface area contributed by atoms with Crippen molar-refractivity contribution in [3.8, 4) is 0 Å². The van der Waals surface area contributed by atoms with Crippen LogP contribution in [0.2, 0.25) is 0 Å². The van der Waals surface area contributed by atoms with Crippen LogP contribution in [0.4, 0.5) is 4.39 Å². The third-order valence-corrected chi connectivity index (χ3v) is 3.37. The van der Waals surface area contributed by atoms with Gasteiger partial charge in [0.1, 0.15) is 5.82 Å². The van der Waals surface area contributed by atoms with E-state index in [2.05, 4.69) is 5.32 Å². The zero-order valence-corrected chi connectivity index (χ0v) is 11.4. The largest absolute Gasteiger partial charge is 0.376 e. The summed E-state index contributed by atoms with van der Waals surface area (Å²) in [7, 11) is 1.87. The van der Waals surface area contributed by atoms with Crippen molar-refractivity contribution in [2.75, 3.05) is 26.8 Å². The summed E-state index contributed by atoms with van der Waals surface area (Å²) in [5, 5.41) is 3.09. The number of hydrogen-bond donors (Lipinski definition) is 1. The molecule has 106 valence electrons. The summed E-state index contributed by atoms with van der Waals surface area (Å²) in [6, 6.07) is 6.59. The van der Waals surface area contributed by atoms with E-state index in [-0.39, 0.29) is 18.0 Å². The molecule has 4 heteroatoms. The van der Waals surface area contributed by atoms with Crippen LogP contribution in [0.15, 0.2) is 24.3 Å². The van der Waals surface area contributed by atoms with Crippen molar-refractivity contribution >= 4 is 0 Å². The second kappa shape index (κ2) is 7.58. The number of rotatable bonds is 6. The topological polar surface area (TPSA) is 30.5 Å². The Morgan fingerprint density at radius 2 is 2.37 bits per heavy atom. The minimum Gasteiger partial charge on any atom is -0.376 e. The summed E-state index contributed by atoms with van der Waals surface area (Å²) in [4.78, 5) is 0. The Bertz CT molecular complexity index is 380. The Labute approximate surface area is 114 Å². The Balaban J connectivity index is 1.91. The molecule has 0 aromatic heterocycles. The number of likely N-dealkylation sites (N-methyl/N-ethyl adjacent to an activating group) is 1. The van der Waals surface area contributed by atoms with Crippen LogP contribution in [0.25, 0.3) is 0 Å². The Morgan fingerprint density at radius 3 is 3.05 bits per heavy atom. The van der Waals surface area contributed by atoms with Gasteiger partial charge in [-0.1, -0.05) is 12.1 Å². The minimum absolute atomic E-state index is 0.133. The van der Waals surface area contributed by atoms with Crippen molar-refractivity contribution in [3.63, 3.8) is 0 Å². The van der Waals surface area contributed by atoms with Crippen LogP contribution in [0, 0.1) is 5.82 Å². The lowest BCUT2D eigenvalue weighted by Crippen LogP contribution is -2.28. The quantitative estimate of drug-likeness (QED) is 0.859. The van der Waals surface area contributed by atoms with Crippen molar-refractivity contribution < 1.29 is 13.9 Å². The molecule has 1 aliphatic rings. The normalized spacial score (nSPS) is 21.3. The molecule has 19 heavy (non-hydrogen) atoms. The summed E-state index contributed by atoms with van der Waals surface area (Å²) in [6.07, 6.45) is 3.44. The zero-order chi connectivity index (χ0) is 13.5. The van der Waals surface area contributed by atoms with E-state index in [4.69, 9.17) is 9.47 Å². The van der Waals surface area contributed by atoms with Crippen molar-refractivity contribution in [2.45, 2.75) is 31.5 Å².